The van der Waals surface area contributed by atoms with Crippen LogP contribution in [0, 0.1) is 0 Å². The first kappa shape index (κ1) is 23.5. The van der Waals surface area contributed by atoms with E-state index < -0.39 is 0 Å². The van der Waals surface area contributed by atoms with Crippen molar-refractivity contribution in [2.75, 3.05) is 38.9 Å². The van der Waals surface area contributed by atoms with Gasteiger partial charge in [-0.2, -0.15) is 0 Å². The lowest BCUT2D eigenvalue weighted by atomic mass is 10.2. The van der Waals surface area contributed by atoms with Crippen LogP contribution < -0.4 is 20.1 Å². The molecule has 1 unspecified atom stereocenters. The Kier molecular flexibility index (Phi) is 9.08. The first-order chi connectivity index (χ1) is 15.0. The summed E-state index contributed by atoms with van der Waals surface area (Å²) < 4.78 is 22.7. The highest BCUT2D eigenvalue weighted by molar-refractivity contribution is 9.10. The number of rotatable bonds is 9. The van der Waals surface area contributed by atoms with Gasteiger partial charge in [0.15, 0.2) is 5.11 Å². The van der Waals surface area contributed by atoms with Crippen LogP contribution in [0.3, 0.4) is 0 Å². The van der Waals surface area contributed by atoms with Crippen LogP contribution >= 0.6 is 28.1 Å². The van der Waals surface area contributed by atoms with Crippen LogP contribution in [0.1, 0.15) is 23.2 Å². The summed E-state index contributed by atoms with van der Waals surface area (Å²) in [4.78, 5) is 12.7. The molecular formula is C22H25BrN2O5S. The summed E-state index contributed by atoms with van der Waals surface area (Å²) in [7, 11) is 1.59. The molecule has 7 nitrogen and oxygen atoms in total. The van der Waals surface area contributed by atoms with Gasteiger partial charge >= 0.3 is 0 Å². The van der Waals surface area contributed by atoms with Crippen LogP contribution in [0.15, 0.2) is 46.9 Å². The van der Waals surface area contributed by atoms with Crippen molar-refractivity contribution in [3.8, 4) is 11.5 Å². The predicted molar refractivity (Wildman–Crippen MR) is 126 cm³/mol. The maximum atomic E-state index is 12.7. The second-order valence-electron chi connectivity index (χ2n) is 6.86. The SMILES string of the molecule is COCCOc1ccc(Br)cc1C(=O)NC(=S)Nc1ccc(OCC2CCCO2)cc1. The van der Waals surface area contributed by atoms with Crippen LogP contribution in [0.5, 0.6) is 11.5 Å². The monoisotopic (exact) mass is 508 g/mol. The van der Waals surface area contributed by atoms with Gasteiger partial charge in [-0.15, -0.1) is 0 Å². The molecule has 0 spiro atoms. The third kappa shape index (κ3) is 7.46. The van der Waals surface area contributed by atoms with E-state index in [1.165, 1.54) is 0 Å². The fraction of sp³-hybridized carbons (Fsp3) is 0.364. The largest absolute Gasteiger partial charge is 0.491 e. The molecule has 0 aliphatic carbocycles. The number of nitrogens with one attached hydrogen (secondary N) is 2. The number of hydrogen-bond donors (Lipinski definition) is 2. The van der Waals surface area contributed by atoms with Gasteiger partial charge in [0.25, 0.3) is 5.91 Å². The average Bonchev–Trinajstić information content (AvgIpc) is 3.28. The van der Waals surface area contributed by atoms with Crippen LogP contribution in [-0.4, -0.2) is 50.7 Å². The molecule has 1 fully saturated rings. The minimum atomic E-state index is -0.372. The molecule has 0 aromatic heterocycles. The number of amides is 1. The lowest BCUT2D eigenvalue weighted by Gasteiger charge is -2.14. The summed E-state index contributed by atoms with van der Waals surface area (Å²) in [6, 6.07) is 12.6. The smallest absolute Gasteiger partial charge is 0.261 e. The maximum Gasteiger partial charge on any atom is 0.261 e. The Bertz CT molecular complexity index is 888. The zero-order valence-corrected chi connectivity index (χ0v) is 19.6. The maximum absolute atomic E-state index is 12.7. The van der Waals surface area contributed by atoms with Gasteiger partial charge in [-0.25, -0.2) is 0 Å². The minimum absolute atomic E-state index is 0.169. The van der Waals surface area contributed by atoms with Crippen molar-refractivity contribution >= 4 is 44.9 Å². The van der Waals surface area contributed by atoms with Gasteiger partial charge in [-0.05, 0) is 67.5 Å². The van der Waals surface area contributed by atoms with Crippen molar-refractivity contribution in [3.05, 3.63) is 52.5 Å². The summed E-state index contributed by atoms with van der Waals surface area (Å²) in [6.07, 6.45) is 2.29. The van der Waals surface area contributed by atoms with Gasteiger partial charge in [0.05, 0.1) is 18.3 Å². The third-order valence-electron chi connectivity index (χ3n) is 4.53. The highest BCUT2D eigenvalue weighted by atomic mass is 79.9. The van der Waals surface area contributed by atoms with Crippen LogP contribution in [-0.2, 0) is 9.47 Å². The number of halogens is 1. The van der Waals surface area contributed by atoms with Gasteiger partial charge in [0.1, 0.15) is 24.7 Å². The number of carbonyl (C=O) groups excluding carboxylic acids is 1. The number of thiocarbonyl (C=S) groups is 1. The van der Waals surface area contributed by atoms with Gasteiger partial charge in [-0.1, -0.05) is 15.9 Å². The molecule has 31 heavy (non-hydrogen) atoms. The lowest BCUT2D eigenvalue weighted by Crippen LogP contribution is -2.34. The fourth-order valence-corrected chi connectivity index (χ4v) is 3.54. The van der Waals surface area contributed by atoms with E-state index in [4.69, 9.17) is 31.2 Å². The molecule has 2 aromatic rings. The molecule has 1 aliphatic rings. The van der Waals surface area contributed by atoms with E-state index in [2.05, 4.69) is 26.6 Å². The van der Waals surface area contributed by atoms with E-state index in [9.17, 15) is 4.79 Å². The number of ether oxygens (including phenoxy) is 4. The third-order valence-corrected chi connectivity index (χ3v) is 5.23. The first-order valence-corrected chi connectivity index (χ1v) is 11.1. The van der Waals surface area contributed by atoms with Gasteiger partial charge in [0, 0.05) is 23.9 Å². The number of carbonyl (C=O) groups is 1. The topological polar surface area (TPSA) is 78.1 Å². The van der Waals surface area contributed by atoms with Gasteiger partial charge < -0.3 is 24.3 Å². The lowest BCUT2D eigenvalue weighted by molar-refractivity contribution is 0.0679. The molecule has 1 amide bonds. The zero-order valence-electron chi connectivity index (χ0n) is 17.2. The summed E-state index contributed by atoms with van der Waals surface area (Å²) in [5, 5.41) is 5.86. The Balaban J connectivity index is 1.53. The molecule has 9 heteroatoms. The molecule has 1 heterocycles. The first-order valence-electron chi connectivity index (χ1n) is 9.93. The Morgan fingerprint density at radius 2 is 2.00 bits per heavy atom. The number of benzene rings is 2. The van der Waals surface area contributed by atoms with Gasteiger partial charge in [-0.3, -0.25) is 10.1 Å². The van der Waals surface area contributed by atoms with E-state index in [0.29, 0.717) is 31.1 Å². The molecule has 0 saturated carbocycles. The molecule has 2 N–H and O–H groups in total. The Hall–Kier alpha value is -2.20. The second kappa shape index (κ2) is 12.0. The number of methoxy groups -OCH3 is 1. The standard InChI is InChI=1S/C22H25BrN2O5S/c1-27-11-12-29-20-9-4-15(23)13-19(20)21(26)25-22(31)24-16-5-7-17(8-6-16)30-14-18-3-2-10-28-18/h4-9,13,18H,2-3,10-12,14H2,1H3,(H2,24,25,26,31). The quantitative estimate of drug-likeness (QED) is 0.388. The Morgan fingerprint density at radius 3 is 2.71 bits per heavy atom. The molecular weight excluding hydrogens is 484 g/mol. The van der Waals surface area contributed by atoms with E-state index in [-0.39, 0.29) is 17.1 Å². The summed E-state index contributed by atoms with van der Waals surface area (Å²) in [6.45, 7) is 2.11. The molecule has 1 aliphatic heterocycles. The summed E-state index contributed by atoms with van der Waals surface area (Å²) in [5.41, 5.74) is 1.10. The number of anilines is 1. The van der Waals surface area contributed by atoms with Crippen molar-refractivity contribution in [2.45, 2.75) is 18.9 Å². The normalized spacial score (nSPS) is 15.4. The van der Waals surface area contributed by atoms with E-state index in [1.54, 1.807) is 25.3 Å². The molecule has 1 atom stereocenters. The fourth-order valence-electron chi connectivity index (χ4n) is 2.97. The molecule has 0 radical (unpaired) electrons. The average molecular weight is 509 g/mol. The van der Waals surface area contributed by atoms with Crippen molar-refractivity contribution in [3.63, 3.8) is 0 Å². The summed E-state index contributed by atoms with van der Waals surface area (Å²) >= 11 is 8.67. The summed E-state index contributed by atoms with van der Waals surface area (Å²) in [5.74, 6) is 0.832. The van der Waals surface area contributed by atoms with Crippen molar-refractivity contribution in [2.24, 2.45) is 0 Å². The second-order valence-corrected chi connectivity index (χ2v) is 8.18. The van der Waals surface area contributed by atoms with Crippen LogP contribution in [0.2, 0.25) is 0 Å². The molecule has 0 bridgehead atoms. The van der Waals surface area contributed by atoms with Crippen molar-refractivity contribution < 1.29 is 23.7 Å². The molecule has 2 aromatic carbocycles. The predicted octanol–water partition coefficient (Wildman–Crippen LogP) is 4.16. The zero-order chi connectivity index (χ0) is 22.1. The van der Waals surface area contributed by atoms with Crippen LogP contribution in [0.25, 0.3) is 0 Å². The van der Waals surface area contributed by atoms with Gasteiger partial charge in [0.2, 0.25) is 0 Å². The van der Waals surface area contributed by atoms with E-state index in [1.807, 2.05) is 24.3 Å². The highest BCUT2D eigenvalue weighted by Gasteiger charge is 2.17. The molecule has 166 valence electrons. The Labute approximate surface area is 195 Å². The molecule has 1 saturated heterocycles. The van der Waals surface area contributed by atoms with Crippen LogP contribution in [0.4, 0.5) is 5.69 Å². The highest BCUT2D eigenvalue weighted by Crippen LogP contribution is 2.23. The number of hydrogen-bond acceptors (Lipinski definition) is 6. The van der Waals surface area contributed by atoms with E-state index in [0.717, 1.165) is 35.4 Å². The van der Waals surface area contributed by atoms with E-state index >= 15 is 0 Å². The van der Waals surface area contributed by atoms with Crippen molar-refractivity contribution in [1.82, 2.24) is 5.32 Å². The minimum Gasteiger partial charge on any atom is -0.491 e. The van der Waals surface area contributed by atoms with Crippen molar-refractivity contribution in [1.29, 1.82) is 0 Å². The molecule has 3 rings (SSSR count). The Morgan fingerprint density at radius 1 is 1.19 bits per heavy atom.